The predicted octanol–water partition coefficient (Wildman–Crippen LogP) is 4.00. The van der Waals surface area contributed by atoms with Crippen molar-refractivity contribution in [3.63, 3.8) is 0 Å². The highest BCUT2D eigenvalue weighted by Gasteiger charge is 2.30. The van der Waals surface area contributed by atoms with Crippen LogP contribution in [0.1, 0.15) is 5.56 Å². The molecular formula is C12H9F3OS2. The zero-order valence-electron chi connectivity index (χ0n) is 9.16. The standard InChI is InChI=1S/C12H9F3OS2/c13-12(14,15)9-1-3-10(4-2-9)18-11-7-17-6-8(11)5-16/h1-5H,6-7H2. The zero-order valence-corrected chi connectivity index (χ0v) is 10.8. The van der Waals surface area contributed by atoms with Crippen LogP contribution >= 0.6 is 23.5 Å². The molecule has 1 nitrogen and oxygen atoms in total. The number of halogens is 3. The highest BCUT2D eigenvalue weighted by atomic mass is 32.2. The molecule has 0 fully saturated rings. The number of hydrogen-bond acceptors (Lipinski definition) is 3. The lowest BCUT2D eigenvalue weighted by molar-refractivity contribution is -0.137. The second kappa shape index (κ2) is 5.40. The molecule has 0 spiro atoms. The normalized spacial score (nSPS) is 16.2. The molecule has 18 heavy (non-hydrogen) atoms. The van der Waals surface area contributed by atoms with E-state index in [1.165, 1.54) is 23.9 Å². The fraction of sp³-hybridized carbons (Fsp3) is 0.250. The topological polar surface area (TPSA) is 17.1 Å². The van der Waals surface area contributed by atoms with Crippen molar-refractivity contribution in [2.75, 3.05) is 11.5 Å². The molecule has 6 heteroatoms. The molecule has 2 rings (SSSR count). The van der Waals surface area contributed by atoms with E-state index in [1.54, 1.807) is 11.8 Å². The monoisotopic (exact) mass is 290 g/mol. The Kier molecular flexibility index (Phi) is 4.07. The summed E-state index contributed by atoms with van der Waals surface area (Å²) in [5, 5.41) is 0. The van der Waals surface area contributed by atoms with Gasteiger partial charge in [0.2, 0.25) is 0 Å². The first-order valence-corrected chi connectivity index (χ1v) is 7.08. The molecule has 96 valence electrons. The summed E-state index contributed by atoms with van der Waals surface area (Å²) in [4.78, 5) is 12.4. The van der Waals surface area contributed by atoms with Gasteiger partial charge in [-0.15, -0.1) is 0 Å². The van der Waals surface area contributed by atoms with E-state index in [-0.39, 0.29) is 0 Å². The fourth-order valence-electron chi connectivity index (χ4n) is 1.48. The molecule has 1 aromatic rings. The van der Waals surface area contributed by atoms with Crippen molar-refractivity contribution in [3.05, 3.63) is 40.3 Å². The minimum atomic E-state index is -4.31. The van der Waals surface area contributed by atoms with Crippen LogP contribution in [0.2, 0.25) is 0 Å². The van der Waals surface area contributed by atoms with Gasteiger partial charge in [0.15, 0.2) is 0 Å². The van der Waals surface area contributed by atoms with Crippen molar-refractivity contribution < 1.29 is 18.0 Å². The Balaban J connectivity index is 2.14. The van der Waals surface area contributed by atoms with Crippen molar-refractivity contribution in [2.45, 2.75) is 11.1 Å². The van der Waals surface area contributed by atoms with Gasteiger partial charge in [-0.2, -0.15) is 24.9 Å². The van der Waals surface area contributed by atoms with Crippen molar-refractivity contribution >= 4 is 29.8 Å². The summed E-state index contributed by atoms with van der Waals surface area (Å²) < 4.78 is 37.1. The van der Waals surface area contributed by atoms with Crippen molar-refractivity contribution in [3.8, 4) is 0 Å². The molecule has 0 radical (unpaired) electrons. The van der Waals surface area contributed by atoms with Gasteiger partial charge in [-0.05, 0) is 24.3 Å². The van der Waals surface area contributed by atoms with Gasteiger partial charge in [0.1, 0.15) is 6.29 Å². The van der Waals surface area contributed by atoms with Gasteiger partial charge in [0, 0.05) is 26.9 Å². The number of aldehydes is 1. The van der Waals surface area contributed by atoms with Crippen LogP contribution in [0.5, 0.6) is 0 Å². The molecular weight excluding hydrogens is 281 g/mol. The van der Waals surface area contributed by atoms with Crippen LogP contribution in [0.15, 0.2) is 39.6 Å². The Morgan fingerprint density at radius 1 is 1.17 bits per heavy atom. The lowest BCUT2D eigenvalue weighted by atomic mass is 10.2. The second-order valence-corrected chi connectivity index (χ2v) is 5.84. The van der Waals surface area contributed by atoms with E-state index in [1.807, 2.05) is 0 Å². The summed E-state index contributed by atoms with van der Waals surface area (Å²) in [6.07, 6.45) is -3.48. The highest BCUT2D eigenvalue weighted by molar-refractivity contribution is 8.06. The van der Waals surface area contributed by atoms with Crippen LogP contribution in [0.25, 0.3) is 0 Å². The molecule has 1 heterocycles. The Morgan fingerprint density at radius 2 is 1.83 bits per heavy atom. The number of carbonyl (C=O) groups is 1. The molecule has 0 amide bonds. The average molecular weight is 290 g/mol. The molecule has 0 saturated heterocycles. The summed E-state index contributed by atoms with van der Waals surface area (Å²) in [5.74, 6) is 1.44. The zero-order chi connectivity index (χ0) is 13.2. The molecule has 0 aliphatic carbocycles. The smallest absolute Gasteiger partial charge is 0.298 e. The molecule has 0 aromatic heterocycles. The molecule has 0 saturated carbocycles. The summed E-state index contributed by atoms with van der Waals surface area (Å²) >= 11 is 3.00. The van der Waals surface area contributed by atoms with Crippen LogP contribution in [-0.4, -0.2) is 17.8 Å². The van der Waals surface area contributed by atoms with E-state index < -0.39 is 11.7 Å². The van der Waals surface area contributed by atoms with E-state index in [9.17, 15) is 18.0 Å². The molecule has 1 aromatic carbocycles. The third kappa shape index (κ3) is 3.11. The van der Waals surface area contributed by atoms with Gasteiger partial charge in [-0.1, -0.05) is 11.8 Å². The maximum Gasteiger partial charge on any atom is 0.416 e. The number of carbonyl (C=O) groups excluding carboxylic acids is 1. The summed E-state index contributed by atoms with van der Waals surface area (Å²) in [6, 6.07) is 4.99. The Hall–Kier alpha value is -0.880. The van der Waals surface area contributed by atoms with Gasteiger partial charge < -0.3 is 0 Å². The Labute approximate surface area is 111 Å². The Morgan fingerprint density at radius 3 is 2.39 bits per heavy atom. The molecule has 0 N–H and O–H groups in total. The van der Waals surface area contributed by atoms with Crippen LogP contribution < -0.4 is 0 Å². The van der Waals surface area contributed by atoms with E-state index in [4.69, 9.17) is 0 Å². The SMILES string of the molecule is O=CC1=C(Sc2ccc(C(F)(F)F)cc2)CSC1. The number of alkyl halides is 3. The summed E-state index contributed by atoms with van der Waals surface area (Å²) in [7, 11) is 0. The third-order valence-electron chi connectivity index (χ3n) is 2.41. The maximum atomic E-state index is 12.4. The minimum Gasteiger partial charge on any atom is -0.298 e. The number of hydrogen-bond donors (Lipinski definition) is 0. The molecule has 1 aliphatic rings. The van der Waals surface area contributed by atoms with Gasteiger partial charge in [0.25, 0.3) is 0 Å². The molecule has 0 bridgehead atoms. The van der Waals surface area contributed by atoms with Crippen molar-refractivity contribution in [2.24, 2.45) is 0 Å². The van der Waals surface area contributed by atoms with Crippen LogP contribution in [-0.2, 0) is 11.0 Å². The first-order chi connectivity index (χ1) is 8.50. The Bertz CT molecular complexity index is 477. The quantitative estimate of drug-likeness (QED) is 0.783. The second-order valence-electron chi connectivity index (χ2n) is 3.68. The highest BCUT2D eigenvalue weighted by Crippen LogP contribution is 2.37. The first kappa shape index (κ1) is 13.5. The lowest BCUT2D eigenvalue weighted by Gasteiger charge is -2.07. The first-order valence-electron chi connectivity index (χ1n) is 5.11. The summed E-state index contributed by atoms with van der Waals surface area (Å²) in [6.45, 7) is 0. The van der Waals surface area contributed by atoms with E-state index in [2.05, 4.69) is 0 Å². The van der Waals surface area contributed by atoms with Gasteiger partial charge in [-0.25, -0.2) is 0 Å². The van der Waals surface area contributed by atoms with Gasteiger partial charge in [0.05, 0.1) is 5.56 Å². The average Bonchev–Trinajstić information content (AvgIpc) is 2.76. The molecule has 0 atom stereocenters. The van der Waals surface area contributed by atoms with Gasteiger partial charge in [-0.3, -0.25) is 4.79 Å². The van der Waals surface area contributed by atoms with Gasteiger partial charge >= 0.3 is 6.18 Å². The lowest BCUT2D eigenvalue weighted by Crippen LogP contribution is -2.03. The number of rotatable bonds is 3. The van der Waals surface area contributed by atoms with Crippen molar-refractivity contribution in [1.82, 2.24) is 0 Å². The van der Waals surface area contributed by atoms with Crippen LogP contribution in [0, 0.1) is 0 Å². The molecule has 0 unspecified atom stereocenters. The maximum absolute atomic E-state index is 12.4. The van der Waals surface area contributed by atoms with E-state index in [0.29, 0.717) is 5.75 Å². The third-order valence-corrected chi connectivity index (χ3v) is 4.77. The summed E-state index contributed by atoms with van der Waals surface area (Å²) in [5.41, 5.74) is 0.0853. The minimum absolute atomic E-state index is 0.655. The predicted molar refractivity (Wildman–Crippen MR) is 67.7 cm³/mol. The van der Waals surface area contributed by atoms with E-state index in [0.717, 1.165) is 39.5 Å². The number of benzene rings is 1. The van der Waals surface area contributed by atoms with Crippen LogP contribution in [0.4, 0.5) is 13.2 Å². The van der Waals surface area contributed by atoms with Crippen LogP contribution in [0.3, 0.4) is 0 Å². The number of thioether (sulfide) groups is 2. The fourth-order valence-corrected chi connectivity index (χ4v) is 3.80. The van der Waals surface area contributed by atoms with Crippen molar-refractivity contribution in [1.29, 1.82) is 0 Å². The van der Waals surface area contributed by atoms with E-state index >= 15 is 0 Å². The largest absolute Gasteiger partial charge is 0.416 e. The molecule has 1 aliphatic heterocycles.